The first-order valence-corrected chi connectivity index (χ1v) is 2.42. The van der Waals surface area contributed by atoms with Crippen LogP contribution in [-0.2, 0) is 39.8 Å². The minimum absolute atomic E-state index is 0. The van der Waals surface area contributed by atoms with Crippen molar-refractivity contribution in [3.05, 3.63) is 6.20 Å². The molecule has 1 aromatic heterocycles. The van der Waals surface area contributed by atoms with E-state index in [0.29, 0.717) is 5.82 Å². The van der Waals surface area contributed by atoms with Crippen LogP contribution >= 0.6 is 0 Å². The zero-order valence-corrected chi connectivity index (χ0v) is 8.65. The van der Waals surface area contributed by atoms with Crippen molar-refractivity contribution in [2.75, 3.05) is 7.05 Å². The Labute approximate surface area is 83.8 Å². The van der Waals surface area contributed by atoms with Gasteiger partial charge in [0.15, 0.2) is 0 Å². The van der Waals surface area contributed by atoms with Crippen LogP contribution in [-0.4, -0.2) is 22.0 Å². The van der Waals surface area contributed by atoms with Gasteiger partial charge in [-0.2, -0.15) is 15.3 Å². The number of hydrogen-bond donors (Lipinski definition) is 0. The van der Waals surface area contributed by atoms with Crippen LogP contribution in [0.4, 0.5) is 5.82 Å². The van der Waals surface area contributed by atoms with Crippen molar-refractivity contribution in [2.24, 2.45) is 17.3 Å². The number of hydrogen-bond acceptors (Lipinski definition) is 4. The second-order valence-corrected chi connectivity index (χ2v) is 1.42. The van der Waals surface area contributed by atoms with Gasteiger partial charge in [-0.25, -0.2) is 4.80 Å². The van der Waals surface area contributed by atoms with Gasteiger partial charge in [-0.1, -0.05) is 0 Å². The zero-order valence-electron chi connectivity index (χ0n) is 5.81. The largest absolute Gasteiger partial charge is 0.373 e. The number of aromatic nitrogens is 3. The van der Waals surface area contributed by atoms with Crippen LogP contribution in [0.5, 0.6) is 0 Å². The normalized spacial score (nSPS) is 9.80. The van der Waals surface area contributed by atoms with Gasteiger partial charge >= 0.3 is 0 Å². The molecule has 0 aromatic carbocycles. The quantitative estimate of drug-likeness (QED) is 0.498. The van der Waals surface area contributed by atoms with E-state index in [9.17, 15) is 0 Å². The standard InChI is InChI=1S/C4H6N5.Y/c1-5-7-4-3-6-9(2)8-4;/h1-2H3;/q-1;. The van der Waals surface area contributed by atoms with E-state index in [1.54, 1.807) is 14.1 Å². The predicted octanol–water partition coefficient (Wildman–Crippen LogP) is 0.326. The maximum atomic E-state index is 3.79. The summed E-state index contributed by atoms with van der Waals surface area (Å²) in [5, 5.41) is 14.6. The molecule has 0 amide bonds. The molecule has 0 atom stereocenters. The van der Waals surface area contributed by atoms with Crippen molar-refractivity contribution in [1.29, 1.82) is 0 Å². The molecule has 0 aliphatic carbocycles. The Kier molecular flexibility index (Phi) is 4.56. The fourth-order valence-corrected chi connectivity index (χ4v) is 0.436. The summed E-state index contributed by atoms with van der Waals surface area (Å²) in [4.78, 5) is 1.38. The summed E-state index contributed by atoms with van der Waals surface area (Å²) in [6, 6.07) is 0. The molecule has 1 rings (SSSR count). The van der Waals surface area contributed by atoms with E-state index in [1.165, 1.54) is 4.80 Å². The smallest absolute Gasteiger partial charge is 0.0491 e. The van der Waals surface area contributed by atoms with Crippen molar-refractivity contribution in [3.63, 3.8) is 0 Å². The molecule has 6 heteroatoms. The molecule has 1 heterocycles. The summed E-state index contributed by atoms with van der Waals surface area (Å²) in [7, 11) is 3.27. The first kappa shape index (κ1) is 9.84. The van der Waals surface area contributed by atoms with Gasteiger partial charge in [0.25, 0.3) is 0 Å². The molecular weight excluding hydrogens is 207 g/mol. The average Bonchev–Trinajstić information content (AvgIpc) is 2.17. The van der Waals surface area contributed by atoms with E-state index < -0.39 is 0 Å². The topological polar surface area (TPSA) is 55.4 Å². The van der Waals surface area contributed by atoms with E-state index in [2.05, 4.69) is 26.6 Å². The maximum Gasteiger partial charge on any atom is 0.0491 e. The van der Waals surface area contributed by atoms with Gasteiger partial charge in [-0.3, -0.25) is 6.20 Å². The van der Waals surface area contributed by atoms with Crippen LogP contribution in [0.25, 0.3) is 0 Å². The molecule has 0 spiro atoms. The number of rotatable bonds is 1. The van der Waals surface area contributed by atoms with Crippen molar-refractivity contribution in [2.45, 2.75) is 0 Å². The molecule has 51 valence electrons. The summed E-state index contributed by atoms with van der Waals surface area (Å²) in [5.41, 5.74) is 0. The first-order valence-electron chi connectivity index (χ1n) is 2.42. The third kappa shape index (κ3) is 2.62. The number of nitrogens with zero attached hydrogens (tertiary/aromatic N) is 5. The fraction of sp³-hybridized carbons (Fsp3) is 0.500. The second kappa shape index (κ2) is 4.63. The van der Waals surface area contributed by atoms with Crippen molar-refractivity contribution < 1.29 is 32.7 Å². The van der Waals surface area contributed by atoms with Crippen LogP contribution in [0, 0.1) is 6.20 Å². The molecule has 0 N–H and O–H groups in total. The third-order valence-corrected chi connectivity index (χ3v) is 0.729. The van der Waals surface area contributed by atoms with Gasteiger partial charge in [0.1, 0.15) is 0 Å². The van der Waals surface area contributed by atoms with Crippen LogP contribution in [0.3, 0.4) is 0 Å². The SMILES string of the molecule is CN=Nc1[c-]nn(C)n1.[Y]. The first-order chi connectivity index (χ1) is 4.33. The average molecular weight is 213 g/mol. The Morgan fingerprint density at radius 1 is 1.60 bits per heavy atom. The summed E-state index contributed by atoms with van der Waals surface area (Å²) in [6.45, 7) is 0. The van der Waals surface area contributed by atoms with Crippen molar-refractivity contribution >= 4 is 5.82 Å². The Bertz CT molecular complexity index is 217. The van der Waals surface area contributed by atoms with Crippen LogP contribution in [0.1, 0.15) is 0 Å². The molecule has 0 saturated carbocycles. The minimum Gasteiger partial charge on any atom is -0.373 e. The Morgan fingerprint density at radius 2 is 2.30 bits per heavy atom. The zero-order chi connectivity index (χ0) is 6.69. The predicted molar refractivity (Wildman–Crippen MR) is 30.3 cm³/mol. The Morgan fingerprint density at radius 3 is 2.70 bits per heavy atom. The second-order valence-electron chi connectivity index (χ2n) is 1.42. The van der Waals surface area contributed by atoms with Crippen molar-refractivity contribution in [1.82, 2.24) is 15.0 Å². The molecule has 5 nitrogen and oxygen atoms in total. The fourth-order valence-electron chi connectivity index (χ4n) is 0.436. The van der Waals surface area contributed by atoms with Crippen LogP contribution in [0.15, 0.2) is 10.2 Å². The molecule has 0 aliphatic rings. The Balaban J connectivity index is 0.000000810. The number of aryl methyl sites for hydroxylation is 1. The van der Waals surface area contributed by atoms with Gasteiger partial charge in [-0.15, -0.1) is 0 Å². The molecule has 0 unspecified atom stereocenters. The molecule has 0 fully saturated rings. The van der Waals surface area contributed by atoms with Crippen LogP contribution < -0.4 is 0 Å². The molecule has 10 heavy (non-hydrogen) atoms. The van der Waals surface area contributed by atoms with E-state index in [4.69, 9.17) is 0 Å². The summed E-state index contributed by atoms with van der Waals surface area (Å²) >= 11 is 0. The molecule has 0 saturated heterocycles. The monoisotopic (exact) mass is 213 g/mol. The summed E-state index contributed by atoms with van der Waals surface area (Å²) in [5.74, 6) is 0.417. The van der Waals surface area contributed by atoms with Gasteiger partial charge < -0.3 is 5.10 Å². The van der Waals surface area contributed by atoms with Gasteiger partial charge in [-0.05, 0) is 0 Å². The van der Waals surface area contributed by atoms with E-state index >= 15 is 0 Å². The van der Waals surface area contributed by atoms with E-state index in [-0.39, 0.29) is 32.7 Å². The Hall–Kier alpha value is -0.156. The van der Waals surface area contributed by atoms with E-state index in [1.807, 2.05) is 0 Å². The van der Waals surface area contributed by atoms with Gasteiger partial charge in [0.2, 0.25) is 0 Å². The van der Waals surface area contributed by atoms with E-state index in [0.717, 1.165) is 0 Å². The molecule has 0 aliphatic heterocycles. The summed E-state index contributed by atoms with van der Waals surface area (Å²) < 4.78 is 0. The molecular formula is C4H6N5Y-. The molecule has 1 aromatic rings. The minimum atomic E-state index is 0. The maximum absolute atomic E-state index is 3.79. The molecule has 0 bridgehead atoms. The van der Waals surface area contributed by atoms with Gasteiger partial charge in [0, 0.05) is 52.6 Å². The van der Waals surface area contributed by atoms with Gasteiger partial charge in [0.05, 0.1) is 0 Å². The third-order valence-electron chi connectivity index (χ3n) is 0.729. The summed E-state index contributed by atoms with van der Waals surface area (Å²) in [6.07, 6.45) is 2.55. The molecule has 1 radical (unpaired) electrons. The number of azo groups is 1. The van der Waals surface area contributed by atoms with Crippen LogP contribution in [0.2, 0.25) is 0 Å². The van der Waals surface area contributed by atoms with Crippen molar-refractivity contribution in [3.8, 4) is 0 Å².